The van der Waals surface area contributed by atoms with E-state index in [4.69, 9.17) is 10.8 Å². The van der Waals surface area contributed by atoms with Gasteiger partial charge in [-0.15, -0.1) is 0 Å². The normalized spacial score (nSPS) is 25.3. The Morgan fingerprint density at radius 2 is 2.38 bits per heavy atom. The van der Waals surface area contributed by atoms with Gasteiger partial charge in [-0.2, -0.15) is 0 Å². The SMILES string of the molecule is NCC(O)CN1CC(CO)CC1=O. The van der Waals surface area contributed by atoms with Gasteiger partial charge in [-0.1, -0.05) is 0 Å². The van der Waals surface area contributed by atoms with Crippen molar-refractivity contribution in [2.45, 2.75) is 12.5 Å². The Morgan fingerprint density at radius 3 is 2.85 bits per heavy atom. The van der Waals surface area contributed by atoms with Crippen LogP contribution in [-0.4, -0.2) is 53.4 Å². The quantitative estimate of drug-likeness (QED) is 0.483. The molecule has 0 aromatic heterocycles. The summed E-state index contributed by atoms with van der Waals surface area (Å²) in [5.41, 5.74) is 5.23. The largest absolute Gasteiger partial charge is 0.396 e. The second-order valence-electron chi connectivity index (χ2n) is 3.44. The Bertz CT molecular complexity index is 186. The predicted molar refractivity (Wildman–Crippen MR) is 46.8 cm³/mol. The monoisotopic (exact) mass is 188 g/mol. The molecule has 5 heteroatoms. The molecule has 5 nitrogen and oxygen atoms in total. The van der Waals surface area contributed by atoms with Crippen LogP contribution in [0, 0.1) is 5.92 Å². The molecular weight excluding hydrogens is 172 g/mol. The van der Waals surface area contributed by atoms with Gasteiger partial charge in [0, 0.05) is 38.6 Å². The van der Waals surface area contributed by atoms with Gasteiger partial charge in [0.1, 0.15) is 0 Å². The first-order valence-electron chi connectivity index (χ1n) is 4.44. The molecule has 1 aliphatic rings. The van der Waals surface area contributed by atoms with Gasteiger partial charge in [0.2, 0.25) is 5.91 Å². The van der Waals surface area contributed by atoms with E-state index < -0.39 is 6.10 Å². The van der Waals surface area contributed by atoms with Crippen molar-refractivity contribution in [1.29, 1.82) is 0 Å². The third kappa shape index (κ3) is 2.65. The molecule has 0 aliphatic carbocycles. The summed E-state index contributed by atoms with van der Waals surface area (Å²) < 4.78 is 0. The number of amides is 1. The first kappa shape index (κ1) is 10.4. The van der Waals surface area contributed by atoms with Crippen LogP contribution in [-0.2, 0) is 4.79 Å². The van der Waals surface area contributed by atoms with Crippen molar-refractivity contribution in [2.24, 2.45) is 11.7 Å². The number of rotatable bonds is 4. The van der Waals surface area contributed by atoms with Crippen molar-refractivity contribution in [1.82, 2.24) is 4.90 Å². The average molecular weight is 188 g/mol. The van der Waals surface area contributed by atoms with Crippen molar-refractivity contribution in [3.8, 4) is 0 Å². The highest BCUT2D eigenvalue weighted by Gasteiger charge is 2.29. The van der Waals surface area contributed by atoms with Crippen molar-refractivity contribution in [2.75, 3.05) is 26.2 Å². The molecule has 1 aliphatic heterocycles. The second-order valence-corrected chi connectivity index (χ2v) is 3.44. The van der Waals surface area contributed by atoms with Crippen molar-refractivity contribution in [3.05, 3.63) is 0 Å². The minimum Gasteiger partial charge on any atom is -0.396 e. The molecular formula is C8H16N2O3. The minimum absolute atomic E-state index is 0.00782. The standard InChI is InChI=1S/C8H16N2O3/c9-2-7(12)4-10-3-6(5-11)1-8(10)13/h6-7,11-12H,1-5,9H2. The van der Waals surface area contributed by atoms with Gasteiger partial charge in [0.15, 0.2) is 0 Å². The number of β-amino-alcohol motifs (C(OH)–C–C–N with tert-alkyl or cyclic N) is 1. The zero-order valence-corrected chi connectivity index (χ0v) is 7.52. The number of nitrogens with zero attached hydrogens (tertiary/aromatic N) is 1. The Balaban J connectivity index is 2.39. The van der Waals surface area contributed by atoms with Gasteiger partial charge < -0.3 is 20.8 Å². The van der Waals surface area contributed by atoms with E-state index >= 15 is 0 Å². The van der Waals surface area contributed by atoms with Crippen LogP contribution >= 0.6 is 0 Å². The molecule has 1 amide bonds. The zero-order chi connectivity index (χ0) is 9.84. The number of carbonyl (C=O) groups is 1. The highest BCUT2D eigenvalue weighted by Crippen LogP contribution is 2.16. The molecule has 1 heterocycles. The van der Waals surface area contributed by atoms with Crippen LogP contribution in [0.25, 0.3) is 0 Å². The first-order chi connectivity index (χ1) is 6.17. The van der Waals surface area contributed by atoms with E-state index in [9.17, 15) is 9.90 Å². The fraction of sp³-hybridized carbons (Fsp3) is 0.875. The lowest BCUT2D eigenvalue weighted by Crippen LogP contribution is -2.37. The summed E-state index contributed by atoms with van der Waals surface area (Å²) in [6.45, 7) is 1.01. The number of aliphatic hydroxyl groups is 2. The molecule has 2 atom stereocenters. The van der Waals surface area contributed by atoms with Crippen LogP contribution in [0.5, 0.6) is 0 Å². The highest BCUT2D eigenvalue weighted by molar-refractivity contribution is 5.78. The lowest BCUT2D eigenvalue weighted by atomic mass is 10.1. The predicted octanol–water partition coefficient (Wildman–Crippen LogP) is -1.85. The number of nitrogens with two attached hydrogens (primary N) is 1. The van der Waals surface area contributed by atoms with E-state index in [-0.39, 0.29) is 31.5 Å². The van der Waals surface area contributed by atoms with Crippen LogP contribution in [0.3, 0.4) is 0 Å². The molecule has 4 N–H and O–H groups in total. The Hall–Kier alpha value is -0.650. The number of hydrogen-bond donors (Lipinski definition) is 3. The van der Waals surface area contributed by atoms with Gasteiger partial charge in [-0.05, 0) is 0 Å². The minimum atomic E-state index is -0.651. The fourth-order valence-corrected chi connectivity index (χ4v) is 1.48. The van der Waals surface area contributed by atoms with E-state index in [0.29, 0.717) is 13.0 Å². The van der Waals surface area contributed by atoms with Gasteiger partial charge in [-0.25, -0.2) is 0 Å². The van der Waals surface area contributed by atoms with E-state index in [1.54, 1.807) is 4.90 Å². The first-order valence-corrected chi connectivity index (χ1v) is 4.44. The molecule has 0 bridgehead atoms. The van der Waals surface area contributed by atoms with Crippen LogP contribution in [0.2, 0.25) is 0 Å². The van der Waals surface area contributed by atoms with Crippen molar-refractivity contribution < 1.29 is 15.0 Å². The third-order valence-electron chi connectivity index (χ3n) is 2.26. The molecule has 1 rings (SSSR count). The smallest absolute Gasteiger partial charge is 0.223 e. The molecule has 1 saturated heterocycles. The summed E-state index contributed by atoms with van der Waals surface area (Å²) in [6, 6.07) is 0. The van der Waals surface area contributed by atoms with E-state index in [1.807, 2.05) is 0 Å². The molecule has 76 valence electrons. The molecule has 13 heavy (non-hydrogen) atoms. The molecule has 0 saturated carbocycles. The van der Waals surface area contributed by atoms with E-state index in [0.717, 1.165) is 0 Å². The maximum absolute atomic E-state index is 11.3. The third-order valence-corrected chi connectivity index (χ3v) is 2.26. The lowest BCUT2D eigenvalue weighted by molar-refractivity contribution is -0.128. The Morgan fingerprint density at radius 1 is 1.69 bits per heavy atom. The summed E-state index contributed by atoms with van der Waals surface area (Å²) in [5, 5.41) is 18.0. The van der Waals surface area contributed by atoms with Crippen LogP contribution < -0.4 is 5.73 Å². The molecule has 0 aromatic carbocycles. The lowest BCUT2D eigenvalue weighted by Gasteiger charge is -2.19. The second kappa shape index (κ2) is 4.55. The summed E-state index contributed by atoms with van der Waals surface area (Å²) in [4.78, 5) is 12.8. The zero-order valence-electron chi connectivity index (χ0n) is 7.52. The van der Waals surface area contributed by atoms with Crippen LogP contribution in [0.15, 0.2) is 0 Å². The van der Waals surface area contributed by atoms with Gasteiger partial charge in [0.05, 0.1) is 6.10 Å². The van der Waals surface area contributed by atoms with E-state index in [2.05, 4.69) is 0 Å². The summed E-state index contributed by atoms with van der Waals surface area (Å²) >= 11 is 0. The Labute approximate surface area is 77.1 Å². The summed E-state index contributed by atoms with van der Waals surface area (Å²) in [5.74, 6) is 0.0176. The molecule has 0 spiro atoms. The summed E-state index contributed by atoms with van der Waals surface area (Å²) in [6.07, 6.45) is -0.269. The van der Waals surface area contributed by atoms with Crippen LogP contribution in [0.1, 0.15) is 6.42 Å². The molecule has 2 unspecified atom stereocenters. The highest BCUT2D eigenvalue weighted by atomic mass is 16.3. The number of aliphatic hydroxyl groups excluding tert-OH is 2. The fourth-order valence-electron chi connectivity index (χ4n) is 1.48. The van der Waals surface area contributed by atoms with Gasteiger partial charge >= 0.3 is 0 Å². The van der Waals surface area contributed by atoms with Crippen LogP contribution in [0.4, 0.5) is 0 Å². The molecule has 1 fully saturated rings. The van der Waals surface area contributed by atoms with Crippen molar-refractivity contribution >= 4 is 5.91 Å². The number of carbonyl (C=O) groups excluding carboxylic acids is 1. The molecule has 0 aromatic rings. The van der Waals surface area contributed by atoms with Gasteiger partial charge in [-0.3, -0.25) is 4.79 Å². The maximum atomic E-state index is 11.3. The summed E-state index contributed by atoms with van der Waals surface area (Å²) in [7, 11) is 0. The number of hydrogen-bond acceptors (Lipinski definition) is 4. The van der Waals surface area contributed by atoms with Crippen molar-refractivity contribution in [3.63, 3.8) is 0 Å². The number of likely N-dealkylation sites (tertiary alicyclic amines) is 1. The van der Waals surface area contributed by atoms with E-state index in [1.165, 1.54) is 0 Å². The Kier molecular flexibility index (Phi) is 3.65. The topological polar surface area (TPSA) is 86.8 Å². The van der Waals surface area contributed by atoms with Gasteiger partial charge in [0.25, 0.3) is 0 Å². The molecule has 0 radical (unpaired) electrons. The maximum Gasteiger partial charge on any atom is 0.223 e. The average Bonchev–Trinajstić information content (AvgIpc) is 2.47.